The standard InChI is InChI=1S/C19H40N2/c1-4-6-7-8-9-10-11-15-21(5-2)19(17-20)14-12-13-18(3)16-19/h18H,4-17,20H2,1-3H3. The minimum Gasteiger partial charge on any atom is -0.329 e. The van der Waals surface area contributed by atoms with Crippen LogP contribution >= 0.6 is 0 Å². The van der Waals surface area contributed by atoms with E-state index in [0.29, 0.717) is 5.54 Å². The molecule has 2 N–H and O–H groups in total. The highest BCUT2D eigenvalue weighted by Crippen LogP contribution is 2.36. The molecule has 126 valence electrons. The summed E-state index contributed by atoms with van der Waals surface area (Å²) in [6, 6.07) is 0. The number of unbranched alkanes of at least 4 members (excludes halogenated alkanes) is 6. The summed E-state index contributed by atoms with van der Waals surface area (Å²) in [4.78, 5) is 2.72. The first-order chi connectivity index (χ1) is 10.2. The molecule has 2 nitrogen and oxygen atoms in total. The Morgan fingerprint density at radius 2 is 1.71 bits per heavy atom. The third-order valence-electron chi connectivity index (χ3n) is 5.53. The van der Waals surface area contributed by atoms with Crippen LogP contribution in [0.4, 0.5) is 0 Å². The Labute approximate surface area is 133 Å². The summed E-state index contributed by atoms with van der Waals surface area (Å²) in [7, 11) is 0. The lowest BCUT2D eigenvalue weighted by Crippen LogP contribution is -2.56. The second kappa shape index (κ2) is 10.6. The summed E-state index contributed by atoms with van der Waals surface area (Å²) in [5, 5.41) is 0. The van der Waals surface area contributed by atoms with Crippen molar-refractivity contribution in [3.05, 3.63) is 0 Å². The van der Waals surface area contributed by atoms with Crippen LogP contribution in [0, 0.1) is 5.92 Å². The van der Waals surface area contributed by atoms with Crippen molar-refractivity contribution < 1.29 is 0 Å². The van der Waals surface area contributed by atoms with Gasteiger partial charge in [0.1, 0.15) is 0 Å². The van der Waals surface area contributed by atoms with Crippen LogP contribution < -0.4 is 5.73 Å². The molecule has 0 amide bonds. The molecule has 21 heavy (non-hydrogen) atoms. The molecule has 0 aromatic carbocycles. The minimum absolute atomic E-state index is 0.314. The fourth-order valence-electron chi connectivity index (χ4n) is 4.22. The molecule has 0 aliphatic heterocycles. The summed E-state index contributed by atoms with van der Waals surface area (Å²) < 4.78 is 0. The van der Waals surface area contributed by atoms with Crippen LogP contribution in [-0.2, 0) is 0 Å². The Morgan fingerprint density at radius 3 is 2.29 bits per heavy atom. The van der Waals surface area contributed by atoms with Gasteiger partial charge in [0.15, 0.2) is 0 Å². The van der Waals surface area contributed by atoms with E-state index in [9.17, 15) is 0 Å². The number of rotatable bonds is 11. The van der Waals surface area contributed by atoms with Gasteiger partial charge in [-0.15, -0.1) is 0 Å². The fourth-order valence-corrected chi connectivity index (χ4v) is 4.22. The fraction of sp³-hybridized carbons (Fsp3) is 1.00. The van der Waals surface area contributed by atoms with Gasteiger partial charge in [-0.2, -0.15) is 0 Å². The molecule has 0 bridgehead atoms. The SMILES string of the molecule is CCCCCCCCCN(CC)C1(CN)CCCC(C)C1. The van der Waals surface area contributed by atoms with E-state index in [0.717, 1.165) is 12.5 Å². The molecule has 0 saturated heterocycles. The largest absolute Gasteiger partial charge is 0.329 e. The maximum absolute atomic E-state index is 6.22. The summed E-state index contributed by atoms with van der Waals surface area (Å²) in [5.74, 6) is 0.852. The molecule has 1 rings (SSSR count). The van der Waals surface area contributed by atoms with E-state index in [1.807, 2.05) is 0 Å². The molecule has 1 saturated carbocycles. The Bertz CT molecular complexity index is 254. The number of hydrogen-bond donors (Lipinski definition) is 1. The summed E-state index contributed by atoms with van der Waals surface area (Å²) in [5.41, 5.74) is 6.53. The maximum Gasteiger partial charge on any atom is 0.0334 e. The quantitative estimate of drug-likeness (QED) is 0.546. The average molecular weight is 297 g/mol. The van der Waals surface area contributed by atoms with Gasteiger partial charge >= 0.3 is 0 Å². The first-order valence-corrected chi connectivity index (χ1v) is 9.63. The molecule has 0 heterocycles. The van der Waals surface area contributed by atoms with E-state index in [-0.39, 0.29) is 0 Å². The van der Waals surface area contributed by atoms with Gasteiger partial charge < -0.3 is 5.73 Å². The van der Waals surface area contributed by atoms with Gasteiger partial charge in [0, 0.05) is 12.1 Å². The van der Waals surface area contributed by atoms with Crippen molar-refractivity contribution in [3.8, 4) is 0 Å². The topological polar surface area (TPSA) is 29.3 Å². The lowest BCUT2D eigenvalue weighted by atomic mass is 9.75. The van der Waals surface area contributed by atoms with E-state index in [1.165, 1.54) is 83.7 Å². The van der Waals surface area contributed by atoms with Crippen molar-refractivity contribution in [1.29, 1.82) is 0 Å². The number of likely N-dealkylation sites (N-methyl/N-ethyl adjacent to an activating group) is 1. The molecular weight excluding hydrogens is 256 g/mol. The normalized spacial score (nSPS) is 26.4. The third kappa shape index (κ3) is 6.28. The van der Waals surface area contributed by atoms with Crippen molar-refractivity contribution in [2.24, 2.45) is 11.7 Å². The smallest absolute Gasteiger partial charge is 0.0334 e. The molecule has 0 aromatic heterocycles. The van der Waals surface area contributed by atoms with Gasteiger partial charge in [0.2, 0.25) is 0 Å². The van der Waals surface area contributed by atoms with Crippen molar-refractivity contribution in [1.82, 2.24) is 4.90 Å². The van der Waals surface area contributed by atoms with Gasteiger partial charge in [-0.25, -0.2) is 0 Å². The molecule has 1 aliphatic carbocycles. The predicted molar refractivity (Wildman–Crippen MR) is 94.7 cm³/mol. The summed E-state index contributed by atoms with van der Waals surface area (Å²) in [6.45, 7) is 10.3. The highest BCUT2D eigenvalue weighted by molar-refractivity contribution is 4.95. The molecule has 2 heteroatoms. The van der Waals surface area contributed by atoms with E-state index in [4.69, 9.17) is 5.73 Å². The Morgan fingerprint density at radius 1 is 1.05 bits per heavy atom. The number of nitrogens with two attached hydrogens (primary N) is 1. The van der Waals surface area contributed by atoms with E-state index >= 15 is 0 Å². The van der Waals surface area contributed by atoms with Gasteiger partial charge in [-0.3, -0.25) is 4.90 Å². The van der Waals surface area contributed by atoms with Gasteiger partial charge in [-0.05, 0) is 38.3 Å². The zero-order valence-electron chi connectivity index (χ0n) is 15.0. The number of hydrogen-bond acceptors (Lipinski definition) is 2. The van der Waals surface area contributed by atoms with Crippen LogP contribution in [0.1, 0.15) is 91.4 Å². The van der Waals surface area contributed by atoms with Crippen LogP contribution in [0.2, 0.25) is 0 Å². The Hall–Kier alpha value is -0.0800. The van der Waals surface area contributed by atoms with Gasteiger partial charge in [-0.1, -0.05) is 72.1 Å². The number of nitrogens with zero attached hydrogens (tertiary/aromatic N) is 1. The first-order valence-electron chi connectivity index (χ1n) is 9.63. The lowest BCUT2D eigenvalue weighted by Gasteiger charge is -2.47. The predicted octanol–water partition coefficient (Wildman–Crippen LogP) is 4.97. The third-order valence-corrected chi connectivity index (χ3v) is 5.53. The van der Waals surface area contributed by atoms with Crippen LogP contribution in [0.3, 0.4) is 0 Å². The molecule has 0 spiro atoms. The second-order valence-corrected chi connectivity index (χ2v) is 7.33. The first kappa shape index (κ1) is 19.0. The monoisotopic (exact) mass is 296 g/mol. The highest BCUT2D eigenvalue weighted by Gasteiger charge is 2.37. The summed E-state index contributed by atoms with van der Waals surface area (Å²) in [6.07, 6.45) is 15.2. The van der Waals surface area contributed by atoms with Crippen molar-refractivity contribution >= 4 is 0 Å². The Kier molecular flexibility index (Phi) is 9.59. The molecule has 1 aliphatic rings. The molecular formula is C19H40N2. The zero-order chi connectivity index (χ0) is 15.6. The van der Waals surface area contributed by atoms with Crippen molar-refractivity contribution in [2.45, 2.75) is 96.9 Å². The maximum atomic E-state index is 6.22. The van der Waals surface area contributed by atoms with Crippen LogP contribution in [0.15, 0.2) is 0 Å². The molecule has 2 atom stereocenters. The van der Waals surface area contributed by atoms with E-state index in [1.54, 1.807) is 0 Å². The molecule has 2 unspecified atom stereocenters. The van der Waals surface area contributed by atoms with E-state index in [2.05, 4.69) is 25.7 Å². The average Bonchev–Trinajstić information content (AvgIpc) is 2.50. The van der Waals surface area contributed by atoms with Crippen molar-refractivity contribution in [2.75, 3.05) is 19.6 Å². The van der Waals surface area contributed by atoms with Crippen LogP contribution in [0.5, 0.6) is 0 Å². The van der Waals surface area contributed by atoms with Crippen LogP contribution in [-0.4, -0.2) is 30.1 Å². The Balaban J connectivity index is 2.31. The lowest BCUT2D eigenvalue weighted by molar-refractivity contribution is 0.0418. The molecule has 0 aromatic rings. The summed E-state index contributed by atoms with van der Waals surface area (Å²) >= 11 is 0. The van der Waals surface area contributed by atoms with Crippen LogP contribution in [0.25, 0.3) is 0 Å². The van der Waals surface area contributed by atoms with E-state index < -0.39 is 0 Å². The second-order valence-electron chi connectivity index (χ2n) is 7.33. The molecule has 0 radical (unpaired) electrons. The molecule has 1 fully saturated rings. The van der Waals surface area contributed by atoms with Gasteiger partial charge in [0.25, 0.3) is 0 Å². The minimum atomic E-state index is 0.314. The van der Waals surface area contributed by atoms with Gasteiger partial charge in [0.05, 0.1) is 0 Å². The van der Waals surface area contributed by atoms with Crippen molar-refractivity contribution in [3.63, 3.8) is 0 Å². The zero-order valence-corrected chi connectivity index (χ0v) is 15.0. The highest BCUT2D eigenvalue weighted by atomic mass is 15.2.